The number of benzene rings is 1. The van der Waals surface area contributed by atoms with Crippen LogP contribution in [0.1, 0.15) is 10.4 Å². The molecule has 1 aromatic heterocycles. The van der Waals surface area contributed by atoms with Gasteiger partial charge in [0.1, 0.15) is 5.57 Å². The van der Waals surface area contributed by atoms with Crippen molar-refractivity contribution in [1.82, 2.24) is 5.32 Å². The van der Waals surface area contributed by atoms with E-state index in [9.17, 15) is 9.59 Å². The van der Waals surface area contributed by atoms with E-state index in [4.69, 9.17) is 12.2 Å². The third-order valence-electron chi connectivity index (χ3n) is 3.36. The zero-order valence-corrected chi connectivity index (χ0v) is 15.2. The van der Waals surface area contributed by atoms with Gasteiger partial charge >= 0.3 is 0 Å². The Morgan fingerprint density at radius 2 is 1.91 bits per heavy atom. The molecule has 7 heteroatoms. The molecule has 0 saturated carbocycles. The summed E-state index contributed by atoms with van der Waals surface area (Å²) in [5.41, 5.74) is 1.70. The van der Waals surface area contributed by atoms with E-state index in [2.05, 4.69) is 21.2 Å². The van der Waals surface area contributed by atoms with E-state index in [1.165, 1.54) is 16.2 Å². The van der Waals surface area contributed by atoms with Crippen LogP contribution in [-0.2, 0) is 9.59 Å². The summed E-state index contributed by atoms with van der Waals surface area (Å²) in [5.74, 6) is -0.893. The molecule has 1 saturated heterocycles. The number of carbonyl (C=O) groups excluding carboxylic acids is 2. The fourth-order valence-corrected chi connectivity index (χ4v) is 3.55. The minimum atomic E-state index is -0.471. The molecule has 1 aliphatic rings. The maximum atomic E-state index is 12.8. The number of anilines is 1. The molecule has 23 heavy (non-hydrogen) atoms. The van der Waals surface area contributed by atoms with Crippen molar-refractivity contribution in [3.05, 3.63) is 56.2 Å². The third kappa shape index (κ3) is 3.12. The van der Waals surface area contributed by atoms with Gasteiger partial charge in [-0.3, -0.25) is 19.8 Å². The molecule has 3 rings (SSSR count). The molecular weight excluding hydrogens is 396 g/mol. The minimum absolute atomic E-state index is 0.0760. The highest BCUT2D eigenvalue weighted by Crippen LogP contribution is 2.25. The quantitative estimate of drug-likeness (QED) is 0.470. The number of nitrogens with one attached hydrogen (secondary N) is 1. The lowest BCUT2D eigenvalue weighted by Crippen LogP contribution is -2.54. The number of nitrogens with zero attached hydrogens (tertiary/aromatic N) is 1. The first-order chi connectivity index (χ1) is 11.0. The predicted octanol–water partition coefficient (Wildman–Crippen LogP) is 3.65. The number of thiophene rings is 1. The molecule has 116 valence electrons. The predicted molar refractivity (Wildman–Crippen MR) is 99.4 cm³/mol. The SMILES string of the molecule is Cc1ccsc1/C=C1\C(=O)NC(=S)N(c2ccc(Br)cc2)C1=O. The average Bonchev–Trinajstić information content (AvgIpc) is 2.90. The first-order valence-electron chi connectivity index (χ1n) is 6.68. The zero-order valence-electron chi connectivity index (χ0n) is 12.0. The number of thiocarbonyl (C=S) groups is 1. The van der Waals surface area contributed by atoms with Gasteiger partial charge in [-0.15, -0.1) is 11.3 Å². The fourth-order valence-electron chi connectivity index (χ4n) is 2.15. The summed E-state index contributed by atoms with van der Waals surface area (Å²) in [4.78, 5) is 27.2. The first kappa shape index (κ1) is 16.0. The molecule has 1 aromatic carbocycles. The molecule has 0 radical (unpaired) electrons. The van der Waals surface area contributed by atoms with Gasteiger partial charge in [-0.05, 0) is 66.5 Å². The lowest BCUT2D eigenvalue weighted by Gasteiger charge is -2.28. The Morgan fingerprint density at radius 3 is 2.52 bits per heavy atom. The number of rotatable bonds is 2. The van der Waals surface area contributed by atoms with Crippen molar-refractivity contribution in [1.29, 1.82) is 0 Å². The number of hydrogen-bond donors (Lipinski definition) is 1. The summed E-state index contributed by atoms with van der Waals surface area (Å²) >= 11 is 9.99. The molecule has 1 N–H and O–H groups in total. The van der Waals surface area contributed by atoms with E-state index in [1.54, 1.807) is 18.2 Å². The van der Waals surface area contributed by atoms with Crippen LogP contribution in [0.4, 0.5) is 5.69 Å². The van der Waals surface area contributed by atoms with E-state index >= 15 is 0 Å². The molecule has 2 heterocycles. The van der Waals surface area contributed by atoms with Gasteiger partial charge in [-0.25, -0.2) is 0 Å². The summed E-state index contributed by atoms with van der Waals surface area (Å²) in [6.45, 7) is 1.94. The van der Waals surface area contributed by atoms with Crippen LogP contribution >= 0.6 is 39.5 Å². The van der Waals surface area contributed by atoms with E-state index in [0.29, 0.717) is 5.69 Å². The van der Waals surface area contributed by atoms with Gasteiger partial charge in [0.2, 0.25) is 0 Å². The maximum absolute atomic E-state index is 12.8. The summed E-state index contributed by atoms with van der Waals surface area (Å²) in [7, 11) is 0. The molecule has 0 atom stereocenters. The van der Waals surface area contributed by atoms with Gasteiger partial charge in [0, 0.05) is 9.35 Å². The largest absolute Gasteiger partial charge is 0.298 e. The van der Waals surface area contributed by atoms with Crippen molar-refractivity contribution >= 4 is 68.2 Å². The molecule has 4 nitrogen and oxygen atoms in total. The second-order valence-corrected chi connectivity index (χ2v) is 7.15. The fraction of sp³-hybridized carbons (Fsp3) is 0.0625. The van der Waals surface area contributed by atoms with Gasteiger partial charge in [0.25, 0.3) is 11.8 Å². The number of hydrogen-bond acceptors (Lipinski definition) is 4. The summed E-state index contributed by atoms with van der Waals surface area (Å²) in [6, 6.07) is 9.10. The Bertz CT molecular complexity index is 840. The number of aryl methyl sites for hydroxylation is 1. The van der Waals surface area contributed by atoms with E-state index in [1.807, 2.05) is 30.5 Å². The highest BCUT2D eigenvalue weighted by Gasteiger charge is 2.34. The molecule has 0 spiro atoms. The van der Waals surface area contributed by atoms with Crippen LogP contribution < -0.4 is 10.2 Å². The molecule has 0 aliphatic carbocycles. The molecule has 1 aliphatic heterocycles. The van der Waals surface area contributed by atoms with Crippen molar-refractivity contribution in [2.24, 2.45) is 0 Å². The Kier molecular flexibility index (Phi) is 4.43. The summed E-state index contributed by atoms with van der Waals surface area (Å²) in [5, 5.41) is 4.58. The first-order valence-corrected chi connectivity index (χ1v) is 8.76. The van der Waals surface area contributed by atoms with Gasteiger partial charge in [-0.2, -0.15) is 0 Å². The highest BCUT2D eigenvalue weighted by molar-refractivity contribution is 9.10. The second-order valence-electron chi connectivity index (χ2n) is 4.90. The molecule has 1 fully saturated rings. The van der Waals surface area contributed by atoms with Gasteiger partial charge in [-0.1, -0.05) is 15.9 Å². The molecular formula is C16H11BrN2O2S2. The Hall–Kier alpha value is -1.83. The van der Waals surface area contributed by atoms with E-state index < -0.39 is 11.8 Å². The average molecular weight is 407 g/mol. The zero-order chi connectivity index (χ0) is 16.6. The van der Waals surface area contributed by atoms with Crippen LogP contribution in [0.25, 0.3) is 6.08 Å². The molecule has 0 bridgehead atoms. The third-order valence-corrected chi connectivity index (χ3v) is 5.14. The second kappa shape index (κ2) is 6.35. The van der Waals surface area contributed by atoms with Crippen molar-refractivity contribution in [2.45, 2.75) is 6.92 Å². The smallest absolute Gasteiger partial charge is 0.270 e. The Balaban J connectivity index is 2.02. The standard InChI is InChI=1S/C16H11BrN2O2S2/c1-9-6-7-23-13(9)8-12-14(20)18-16(22)19(15(12)21)11-4-2-10(17)3-5-11/h2-8H,1H3,(H,18,20,22)/b12-8+. The normalized spacial score (nSPS) is 16.9. The highest BCUT2D eigenvalue weighted by atomic mass is 79.9. The summed E-state index contributed by atoms with van der Waals surface area (Å²) in [6.07, 6.45) is 1.62. The lowest BCUT2D eigenvalue weighted by molar-refractivity contribution is -0.122. The number of halogens is 1. The number of carbonyl (C=O) groups is 2. The van der Waals surface area contributed by atoms with Crippen molar-refractivity contribution in [3.8, 4) is 0 Å². The van der Waals surface area contributed by atoms with Crippen LogP contribution in [0.15, 0.2) is 45.8 Å². The van der Waals surface area contributed by atoms with Crippen LogP contribution in [0.5, 0.6) is 0 Å². The monoisotopic (exact) mass is 406 g/mol. The topological polar surface area (TPSA) is 49.4 Å². The van der Waals surface area contributed by atoms with Gasteiger partial charge < -0.3 is 0 Å². The minimum Gasteiger partial charge on any atom is -0.298 e. The molecule has 2 aromatic rings. The van der Waals surface area contributed by atoms with Gasteiger partial charge in [0.15, 0.2) is 5.11 Å². The lowest BCUT2D eigenvalue weighted by atomic mass is 10.1. The Labute approximate surface area is 150 Å². The number of amides is 2. The van der Waals surface area contributed by atoms with Crippen molar-refractivity contribution in [2.75, 3.05) is 4.90 Å². The maximum Gasteiger partial charge on any atom is 0.270 e. The van der Waals surface area contributed by atoms with Crippen LogP contribution in [-0.4, -0.2) is 16.9 Å². The van der Waals surface area contributed by atoms with Crippen LogP contribution in [0, 0.1) is 6.92 Å². The summed E-state index contributed by atoms with van der Waals surface area (Å²) < 4.78 is 0.894. The van der Waals surface area contributed by atoms with Crippen LogP contribution in [0.2, 0.25) is 0 Å². The Morgan fingerprint density at radius 1 is 1.22 bits per heavy atom. The van der Waals surface area contributed by atoms with Gasteiger partial charge in [0.05, 0.1) is 5.69 Å². The van der Waals surface area contributed by atoms with Crippen molar-refractivity contribution < 1.29 is 9.59 Å². The molecule has 2 amide bonds. The van der Waals surface area contributed by atoms with E-state index in [0.717, 1.165) is 14.9 Å². The van der Waals surface area contributed by atoms with Crippen molar-refractivity contribution in [3.63, 3.8) is 0 Å². The molecule has 0 unspecified atom stereocenters. The van der Waals surface area contributed by atoms with Crippen LogP contribution in [0.3, 0.4) is 0 Å². The van der Waals surface area contributed by atoms with E-state index in [-0.39, 0.29) is 10.7 Å².